The minimum Gasteiger partial charge on any atom is -0.481 e. The first-order valence-electron chi connectivity index (χ1n) is 7.66. The van der Waals surface area contributed by atoms with E-state index in [0.717, 1.165) is 12.8 Å². The normalized spacial score (nSPS) is 16.8. The van der Waals surface area contributed by atoms with E-state index in [2.05, 4.69) is 10.3 Å². The predicted octanol–water partition coefficient (Wildman–Crippen LogP) is 2.46. The minimum atomic E-state index is -0.667. The van der Waals surface area contributed by atoms with E-state index >= 15 is 0 Å². The molecule has 0 saturated carbocycles. The highest BCUT2D eigenvalue weighted by molar-refractivity contribution is 6.04. The van der Waals surface area contributed by atoms with Gasteiger partial charge < -0.3 is 19.2 Å². The fourth-order valence-electron chi connectivity index (χ4n) is 2.64. The summed E-state index contributed by atoms with van der Waals surface area (Å²) in [4.78, 5) is 28.6. The molecule has 24 heavy (non-hydrogen) atoms. The molecule has 7 heteroatoms. The standard InChI is InChI=1S/C17H18N2O5/c1-10-8-13(12-4-3-7-23-12)24-17(21)15(10)16(20)19-11-5-6-14(22-2)18-9-11/h5-6,8-9,12H,3-4,7H2,1-2H3,(H,19,20). The molecule has 7 nitrogen and oxygen atoms in total. The molecule has 1 saturated heterocycles. The maximum absolute atomic E-state index is 12.4. The van der Waals surface area contributed by atoms with E-state index in [4.69, 9.17) is 13.9 Å². The van der Waals surface area contributed by atoms with Gasteiger partial charge in [0.05, 0.1) is 19.0 Å². The van der Waals surface area contributed by atoms with Crippen LogP contribution in [0.3, 0.4) is 0 Å². The number of anilines is 1. The first-order valence-corrected chi connectivity index (χ1v) is 7.66. The van der Waals surface area contributed by atoms with Gasteiger partial charge in [-0.15, -0.1) is 0 Å². The van der Waals surface area contributed by atoms with E-state index in [1.807, 2.05) is 0 Å². The van der Waals surface area contributed by atoms with Gasteiger partial charge in [-0.2, -0.15) is 0 Å². The van der Waals surface area contributed by atoms with Gasteiger partial charge >= 0.3 is 5.63 Å². The van der Waals surface area contributed by atoms with Gasteiger partial charge in [0, 0.05) is 12.7 Å². The molecule has 0 aliphatic carbocycles. The van der Waals surface area contributed by atoms with Crippen molar-refractivity contribution in [2.45, 2.75) is 25.9 Å². The Labute approximate surface area is 138 Å². The molecule has 1 atom stereocenters. The third-order valence-corrected chi connectivity index (χ3v) is 3.85. The van der Waals surface area contributed by atoms with Crippen molar-refractivity contribution in [3.8, 4) is 5.88 Å². The van der Waals surface area contributed by atoms with Crippen LogP contribution < -0.4 is 15.7 Å². The second-order valence-corrected chi connectivity index (χ2v) is 5.54. The topological polar surface area (TPSA) is 90.7 Å². The van der Waals surface area contributed by atoms with Gasteiger partial charge in [0.2, 0.25) is 5.88 Å². The van der Waals surface area contributed by atoms with Crippen LogP contribution in [0.5, 0.6) is 5.88 Å². The summed E-state index contributed by atoms with van der Waals surface area (Å²) in [6.07, 6.45) is 2.99. The third kappa shape index (κ3) is 3.30. The molecule has 2 aromatic heterocycles. The van der Waals surface area contributed by atoms with E-state index in [1.165, 1.54) is 13.3 Å². The molecule has 1 fully saturated rings. The molecule has 0 spiro atoms. The number of amides is 1. The largest absolute Gasteiger partial charge is 0.481 e. The summed E-state index contributed by atoms with van der Waals surface area (Å²) in [6, 6.07) is 4.95. The Bertz CT molecular complexity index is 792. The van der Waals surface area contributed by atoms with Crippen LogP contribution >= 0.6 is 0 Å². The average Bonchev–Trinajstić information content (AvgIpc) is 3.09. The maximum atomic E-state index is 12.4. The van der Waals surface area contributed by atoms with Crippen LogP contribution in [0.25, 0.3) is 0 Å². The lowest BCUT2D eigenvalue weighted by Gasteiger charge is -2.11. The van der Waals surface area contributed by atoms with Gasteiger partial charge in [-0.25, -0.2) is 9.78 Å². The monoisotopic (exact) mass is 330 g/mol. The van der Waals surface area contributed by atoms with E-state index in [-0.39, 0.29) is 11.7 Å². The number of carbonyl (C=O) groups excluding carboxylic acids is 1. The molecule has 0 aromatic carbocycles. The molecular formula is C17H18N2O5. The van der Waals surface area contributed by atoms with Crippen LogP contribution in [-0.4, -0.2) is 24.6 Å². The highest BCUT2D eigenvalue weighted by Crippen LogP contribution is 2.28. The van der Waals surface area contributed by atoms with Crippen molar-refractivity contribution in [2.24, 2.45) is 0 Å². The van der Waals surface area contributed by atoms with Gasteiger partial charge in [-0.3, -0.25) is 4.79 Å². The van der Waals surface area contributed by atoms with E-state index < -0.39 is 11.5 Å². The number of carbonyl (C=O) groups is 1. The fraction of sp³-hybridized carbons (Fsp3) is 0.353. The Kier molecular flexibility index (Phi) is 4.61. The molecule has 2 aromatic rings. The van der Waals surface area contributed by atoms with Crippen LogP contribution in [0.15, 0.2) is 33.6 Å². The average molecular weight is 330 g/mol. The zero-order valence-corrected chi connectivity index (χ0v) is 13.5. The first kappa shape index (κ1) is 16.2. The number of rotatable bonds is 4. The molecular weight excluding hydrogens is 312 g/mol. The number of methoxy groups -OCH3 is 1. The second-order valence-electron chi connectivity index (χ2n) is 5.54. The predicted molar refractivity (Wildman–Crippen MR) is 86.4 cm³/mol. The summed E-state index contributed by atoms with van der Waals surface area (Å²) in [5, 5.41) is 2.63. The first-order chi connectivity index (χ1) is 11.6. The number of hydrogen-bond donors (Lipinski definition) is 1. The minimum absolute atomic E-state index is 0.0208. The number of hydrogen-bond acceptors (Lipinski definition) is 6. The molecule has 1 N–H and O–H groups in total. The van der Waals surface area contributed by atoms with Gasteiger partial charge in [-0.05, 0) is 37.5 Å². The highest BCUT2D eigenvalue weighted by atomic mass is 16.5. The SMILES string of the molecule is COc1ccc(NC(=O)c2c(C)cc(C3CCCO3)oc2=O)cn1. The van der Waals surface area contributed by atoms with Crippen LogP contribution in [-0.2, 0) is 4.74 Å². The molecule has 1 aliphatic heterocycles. The second kappa shape index (κ2) is 6.84. The number of nitrogens with zero attached hydrogens (tertiary/aromatic N) is 1. The molecule has 3 rings (SSSR count). The molecule has 3 heterocycles. The Morgan fingerprint density at radius 1 is 1.42 bits per heavy atom. The molecule has 1 amide bonds. The Hall–Kier alpha value is -2.67. The van der Waals surface area contributed by atoms with Gasteiger partial charge in [0.1, 0.15) is 17.4 Å². The van der Waals surface area contributed by atoms with Crippen molar-refractivity contribution in [3.63, 3.8) is 0 Å². The lowest BCUT2D eigenvalue weighted by Crippen LogP contribution is -2.23. The van der Waals surface area contributed by atoms with Crippen molar-refractivity contribution in [1.82, 2.24) is 4.98 Å². The number of aromatic nitrogens is 1. The summed E-state index contributed by atoms with van der Waals surface area (Å²) in [5.74, 6) is 0.370. The Morgan fingerprint density at radius 2 is 2.25 bits per heavy atom. The molecule has 126 valence electrons. The smallest absolute Gasteiger partial charge is 0.349 e. The molecule has 0 bridgehead atoms. The quantitative estimate of drug-likeness (QED) is 0.926. The lowest BCUT2D eigenvalue weighted by atomic mass is 10.1. The summed E-state index contributed by atoms with van der Waals surface area (Å²) >= 11 is 0. The summed E-state index contributed by atoms with van der Waals surface area (Å²) in [7, 11) is 1.50. The number of ether oxygens (including phenoxy) is 2. The summed E-state index contributed by atoms with van der Waals surface area (Å²) in [6.45, 7) is 2.36. The highest BCUT2D eigenvalue weighted by Gasteiger charge is 2.24. The van der Waals surface area contributed by atoms with Crippen LogP contribution in [0.1, 0.15) is 40.6 Å². The molecule has 0 radical (unpaired) electrons. The number of nitrogens with one attached hydrogen (secondary N) is 1. The Balaban J connectivity index is 1.82. The van der Waals surface area contributed by atoms with Crippen LogP contribution in [0.2, 0.25) is 0 Å². The van der Waals surface area contributed by atoms with Crippen LogP contribution in [0.4, 0.5) is 5.69 Å². The zero-order chi connectivity index (χ0) is 17.1. The lowest BCUT2D eigenvalue weighted by molar-refractivity contribution is 0.0895. The van der Waals surface area contributed by atoms with Gasteiger partial charge in [0.15, 0.2) is 0 Å². The van der Waals surface area contributed by atoms with Crippen molar-refractivity contribution in [3.05, 3.63) is 51.7 Å². The molecule has 1 aliphatic rings. The zero-order valence-electron chi connectivity index (χ0n) is 13.5. The molecule has 1 unspecified atom stereocenters. The fourth-order valence-corrected chi connectivity index (χ4v) is 2.64. The van der Waals surface area contributed by atoms with Crippen molar-refractivity contribution >= 4 is 11.6 Å². The van der Waals surface area contributed by atoms with Crippen LogP contribution in [0, 0.1) is 6.92 Å². The van der Waals surface area contributed by atoms with Crippen molar-refractivity contribution in [2.75, 3.05) is 19.0 Å². The van der Waals surface area contributed by atoms with Crippen molar-refractivity contribution in [1.29, 1.82) is 0 Å². The number of pyridine rings is 1. The van der Waals surface area contributed by atoms with Gasteiger partial charge in [-0.1, -0.05) is 0 Å². The van der Waals surface area contributed by atoms with E-state index in [0.29, 0.717) is 29.5 Å². The van der Waals surface area contributed by atoms with E-state index in [9.17, 15) is 9.59 Å². The van der Waals surface area contributed by atoms with Crippen molar-refractivity contribution < 1.29 is 18.7 Å². The summed E-state index contributed by atoms with van der Waals surface area (Å²) < 4.78 is 15.8. The van der Waals surface area contributed by atoms with E-state index in [1.54, 1.807) is 25.1 Å². The van der Waals surface area contributed by atoms with Gasteiger partial charge in [0.25, 0.3) is 5.91 Å². The summed E-state index contributed by atoms with van der Waals surface area (Å²) in [5.41, 5.74) is 0.325. The number of aryl methyl sites for hydroxylation is 1. The third-order valence-electron chi connectivity index (χ3n) is 3.85. The maximum Gasteiger partial charge on any atom is 0.349 e. The Morgan fingerprint density at radius 3 is 2.83 bits per heavy atom.